The van der Waals surface area contributed by atoms with Crippen molar-refractivity contribution in [3.63, 3.8) is 0 Å². The van der Waals surface area contributed by atoms with Gasteiger partial charge in [0, 0.05) is 12.6 Å². The molecule has 0 spiro atoms. The van der Waals surface area contributed by atoms with E-state index in [9.17, 15) is 4.79 Å². The van der Waals surface area contributed by atoms with E-state index in [1.54, 1.807) is 6.08 Å². The van der Waals surface area contributed by atoms with Crippen LogP contribution in [0.3, 0.4) is 0 Å². The van der Waals surface area contributed by atoms with Crippen molar-refractivity contribution in [2.45, 2.75) is 19.8 Å². The van der Waals surface area contributed by atoms with Crippen LogP contribution in [-0.4, -0.2) is 37.6 Å². The highest BCUT2D eigenvalue weighted by atomic mass is 16.5. The van der Waals surface area contributed by atoms with E-state index in [-0.39, 0.29) is 5.97 Å². The van der Waals surface area contributed by atoms with E-state index < -0.39 is 0 Å². The second-order valence-corrected chi connectivity index (χ2v) is 3.40. The maximum absolute atomic E-state index is 11.1. The van der Waals surface area contributed by atoms with Gasteiger partial charge in [0.25, 0.3) is 0 Å². The Labute approximate surface area is 79.4 Å². The van der Waals surface area contributed by atoms with Crippen molar-refractivity contribution in [1.82, 2.24) is 4.90 Å². The van der Waals surface area contributed by atoms with Crippen LogP contribution >= 0.6 is 0 Å². The monoisotopic (exact) mass is 183 g/mol. The number of nitrogens with zero attached hydrogens (tertiary/aromatic N) is 1. The molecule has 0 aromatic rings. The fraction of sp³-hybridized carbons (Fsp3) is 0.700. The van der Waals surface area contributed by atoms with Gasteiger partial charge in [0.1, 0.15) is 0 Å². The maximum atomic E-state index is 11.1. The lowest BCUT2D eigenvalue weighted by atomic mass is 10.1. The summed E-state index contributed by atoms with van der Waals surface area (Å²) in [5.74, 6) is -0.201. The average Bonchev–Trinajstić information content (AvgIpc) is 2.04. The predicted octanol–water partition coefficient (Wildman–Crippen LogP) is 1.20. The lowest BCUT2D eigenvalue weighted by Gasteiger charge is -2.23. The van der Waals surface area contributed by atoms with E-state index in [0.29, 0.717) is 6.61 Å². The van der Waals surface area contributed by atoms with Crippen LogP contribution in [0.4, 0.5) is 0 Å². The van der Waals surface area contributed by atoms with E-state index in [2.05, 4.69) is 11.9 Å². The molecule has 3 heteroatoms. The summed E-state index contributed by atoms with van der Waals surface area (Å²) in [6.07, 6.45) is 3.81. The van der Waals surface area contributed by atoms with Crippen LogP contribution < -0.4 is 0 Å². The topological polar surface area (TPSA) is 29.5 Å². The zero-order valence-electron chi connectivity index (χ0n) is 8.38. The number of rotatable bonds is 2. The molecule has 0 aromatic heterocycles. The molecule has 0 unspecified atom stereocenters. The molecule has 1 aliphatic rings. The first-order valence-electron chi connectivity index (χ1n) is 4.77. The summed E-state index contributed by atoms with van der Waals surface area (Å²) in [7, 11) is 2.07. The summed E-state index contributed by atoms with van der Waals surface area (Å²) in [5.41, 5.74) is 1.19. The van der Waals surface area contributed by atoms with Gasteiger partial charge in [-0.25, -0.2) is 4.79 Å². The second kappa shape index (κ2) is 5.02. The number of piperidine rings is 1. The fourth-order valence-electron chi connectivity index (χ4n) is 1.55. The van der Waals surface area contributed by atoms with Crippen molar-refractivity contribution in [3.8, 4) is 0 Å². The number of esters is 1. The van der Waals surface area contributed by atoms with E-state index in [0.717, 1.165) is 25.9 Å². The summed E-state index contributed by atoms with van der Waals surface area (Å²) in [5, 5.41) is 0. The number of carbonyl (C=O) groups is 1. The highest BCUT2D eigenvalue weighted by molar-refractivity contribution is 5.82. The van der Waals surface area contributed by atoms with Crippen molar-refractivity contribution in [1.29, 1.82) is 0 Å². The van der Waals surface area contributed by atoms with Gasteiger partial charge in [-0.15, -0.1) is 0 Å². The second-order valence-electron chi connectivity index (χ2n) is 3.40. The molecule has 0 atom stereocenters. The Hall–Kier alpha value is -0.830. The van der Waals surface area contributed by atoms with E-state index in [1.807, 2.05) is 6.92 Å². The standard InChI is InChI=1S/C10H17NO2/c1-3-13-10(12)7-9-5-4-6-11(2)8-9/h7H,3-6,8H2,1-2H3/b9-7-. The molecule has 0 bridgehead atoms. The summed E-state index contributed by atoms with van der Waals surface area (Å²) < 4.78 is 4.85. The van der Waals surface area contributed by atoms with E-state index in [4.69, 9.17) is 4.74 Å². The zero-order valence-corrected chi connectivity index (χ0v) is 8.38. The van der Waals surface area contributed by atoms with Gasteiger partial charge in [-0.05, 0) is 38.9 Å². The Bertz CT molecular complexity index is 211. The smallest absolute Gasteiger partial charge is 0.330 e. The Morgan fingerprint density at radius 1 is 1.69 bits per heavy atom. The number of carbonyl (C=O) groups excluding carboxylic acids is 1. The molecule has 1 saturated heterocycles. The quantitative estimate of drug-likeness (QED) is 0.476. The van der Waals surface area contributed by atoms with Crippen LogP contribution in [0.15, 0.2) is 11.6 Å². The molecule has 0 aliphatic carbocycles. The SMILES string of the molecule is CCOC(=O)/C=C1/CCCN(C)C1. The first kappa shape index (κ1) is 10.3. The third-order valence-corrected chi connectivity index (χ3v) is 2.12. The van der Waals surface area contributed by atoms with Crippen LogP contribution in [0.5, 0.6) is 0 Å². The molecular formula is C10H17NO2. The van der Waals surface area contributed by atoms with Crippen LogP contribution in [0.1, 0.15) is 19.8 Å². The van der Waals surface area contributed by atoms with E-state index >= 15 is 0 Å². The molecule has 0 amide bonds. The first-order chi connectivity index (χ1) is 6.22. The molecule has 1 aliphatic heterocycles. The van der Waals surface area contributed by atoms with Gasteiger partial charge in [0.2, 0.25) is 0 Å². The molecule has 0 radical (unpaired) electrons. The maximum Gasteiger partial charge on any atom is 0.330 e. The first-order valence-corrected chi connectivity index (χ1v) is 4.77. The molecular weight excluding hydrogens is 166 g/mol. The Morgan fingerprint density at radius 3 is 3.08 bits per heavy atom. The molecule has 13 heavy (non-hydrogen) atoms. The van der Waals surface area contributed by atoms with Gasteiger partial charge >= 0.3 is 5.97 Å². The minimum atomic E-state index is -0.201. The summed E-state index contributed by atoms with van der Waals surface area (Å²) in [4.78, 5) is 13.3. The third kappa shape index (κ3) is 3.59. The minimum Gasteiger partial charge on any atom is -0.463 e. The number of likely N-dealkylation sites (tertiary alicyclic amines) is 1. The Balaban J connectivity index is 2.44. The zero-order chi connectivity index (χ0) is 9.68. The number of likely N-dealkylation sites (N-methyl/N-ethyl adjacent to an activating group) is 1. The van der Waals surface area contributed by atoms with Crippen molar-refractivity contribution < 1.29 is 9.53 Å². The van der Waals surface area contributed by atoms with Crippen molar-refractivity contribution in [3.05, 3.63) is 11.6 Å². The fourth-order valence-corrected chi connectivity index (χ4v) is 1.55. The molecule has 1 heterocycles. The third-order valence-electron chi connectivity index (χ3n) is 2.12. The van der Waals surface area contributed by atoms with Gasteiger partial charge in [0.05, 0.1) is 6.61 Å². The summed E-state index contributed by atoms with van der Waals surface area (Å²) in [6.45, 7) is 4.31. The average molecular weight is 183 g/mol. The van der Waals surface area contributed by atoms with Gasteiger partial charge in [-0.3, -0.25) is 0 Å². The van der Waals surface area contributed by atoms with Crippen LogP contribution in [0, 0.1) is 0 Å². The minimum absolute atomic E-state index is 0.201. The Morgan fingerprint density at radius 2 is 2.46 bits per heavy atom. The predicted molar refractivity (Wildman–Crippen MR) is 51.4 cm³/mol. The Kier molecular flexibility index (Phi) is 3.96. The number of ether oxygens (including phenoxy) is 1. The van der Waals surface area contributed by atoms with Gasteiger partial charge < -0.3 is 9.64 Å². The largest absolute Gasteiger partial charge is 0.463 e. The molecule has 1 rings (SSSR count). The van der Waals surface area contributed by atoms with E-state index in [1.165, 1.54) is 5.57 Å². The van der Waals surface area contributed by atoms with Crippen LogP contribution in [0.25, 0.3) is 0 Å². The van der Waals surface area contributed by atoms with Crippen molar-refractivity contribution >= 4 is 5.97 Å². The van der Waals surface area contributed by atoms with Gasteiger partial charge in [0.15, 0.2) is 0 Å². The molecule has 0 aromatic carbocycles. The normalized spacial score (nSPS) is 21.8. The van der Waals surface area contributed by atoms with Crippen LogP contribution in [-0.2, 0) is 9.53 Å². The van der Waals surface area contributed by atoms with Gasteiger partial charge in [-0.2, -0.15) is 0 Å². The molecule has 0 N–H and O–H groups in total. The lowest BCUT2D eigenvalue weighted by Crippen LogP contribution is -2.27. The van der Waals surface area contributed by atoms with Crippen molar-refractivity contribution in [2.75, 3.05) is 26.7 Å². The summed E-state index contributed by atoms with van der Waals surface area (Å²) in [6, 6.07) is 0. The molecule has 0 saturated carbocycles. The lowest BCUT2D eigenvalue weighted by molar-refractivity contribution is -0.137. The highest BCUT2D eigenvalue weighted by Crippen LogP contribution is 2.13. The van der Waals surface area contributed by atoms with Crippen LogP contribution in [0.2, 0.25) is 0 Å². The highest BCUT2D eigenvalue weighted by Gasteiger charge is 2.11. The molecule has 1 fully saturated rings. The van der Waals surface area contributed by atoms with Crippen molar-refractivity contribution in [2.24, 2.45) is 0 Å². The number of hydrogen-bond acceptors (Lipinski definition) is 3. The molecule has 3 nitrogen and oxygen atoms in total. The number of hydrogen-bond donors (Lipinski definition) is 0. The summed E-state index contributed by atoms with van der Waals surface area (Å²) >= 11 is 0. The molecule has 74 valence electrons. The van der Waals surface area contributed by atoms with Gasteiger partial charge in [-0.1, -0.05) is 0 Å².